The lowest BCUT2D eigenvalue weighted by Crippen LogP contribution is -2.47. The van der Waals surface area contributed by atoms with Crippen LogP contribution in [-0.2, 0) is 19.1 Å². The molecule has 0 saturated carbocycles. The number of likely N-dealkylation sites (tertiary alicyclic amines) is 1. The smallest absolute Gasteiger partial charge is 0.319 e. The number of amides is 2. The van der Waals surface area contributed by atoms with Gasteiger partial charge in [0.05, 0.1) is 26.1 Å². The molecule has 19 heavy (non-hydrogen) atoms. The number of hydrogen-bond acceptors (Lipinski definition) is 5. The van der Waals surface area contributed by atoms with E-state index in [9.17, 15) is 14.4 Å². The van der Waals surface area contributed by atoms with E-state index >= 15 is 0 Å². The molecule has 7 nitrogen and oxygen atoms in total. The van der Waals surface area contributed by atoms with E-state index in [1.807, 2.05) is 0 Å². The van der Waals surface area contributed by atoms with E-state index in [0.29, 0.717) is 13.1 Å². The van der Waals surface area contributed by atoms with Crippen molar-refractivity contribution in [2.75, 3.05) is 40.3 Å². The Morgan fingerprint density at radius 3 is 2.63 bits per heavy atom. The highest BCUT2D eigenvalue weighted by Crippen LogP contribution is 2.16. The quantitative estimate of drug-likeness (QED) is 0.635. The summed E-state index contributed by atoms with van der Waals surface area (Å²) in [5.74, 6) is -1.11. The Morgan fingerprint density at radius 2 is 2.05 bits per heavy atom. The first-order chi connectivity index (χ1) is 8.93. The highest BCUT2D eigenvalue weighted by molar-refractivity contribution is 5.81. The average Bonchev–Trinajstić information content (AvgIpc) is 2.38. The zero-order valence-corrected chi connectivity index (χ0v) is 11.4. The summed E-state index contributed by atoms with van der Waals surface area (Å²) in [4.78, 5) is 37.5. The molecule has 1 aliphatic heterocycles. The van der Waals surface area contributed by atoms with Crippen molar-refractivity contribution in [3.63, 3.8) is 0 Å². The highest BCUT2D eigenvalue weighted by Gasteiger charge is 2.27. The maximum Gasteiger partial charge on any atom is 0.319 e. The Balaban J connectivity index is 2.44. The summed E-state index contributed by atoms with van der Waals surface area (Å²) in [6.07, 6.45) is 1.51. The fourth-order valence-corrected chi connectivity index (χ4v) is 2.11. The lowest BCUT2D eigenvalue weighted by molar-refractivity contribution is -0.142. The second-order valence-corrected chi connectivity index (χ2v) is 4.83. The van der Waals surface area contributed by atoms with Gasteiger partial charge in [-0.05, 0) is 19.9 Å². The molecule has 0 aromatic rings. The van der Waals surface area contributed by atoms with Crippen molar-refractivity contribution in [2.45, 2.75) is 12.8 Å². The number of carbonyl (C=O) groups is 3. The van der Waals surface area contributed by atoms with Crippen LogP contribution in [0.15, 0.2) is 0 Å². The Labute approximate surface area is 112 Å². The van der Waals surface area contributed by atoms with Gasteiger partial charge >= 0.3 is 5.97 Å². The van der Waals surface area contributed by atoms with Crippen molar-refractivity contribution in [2.24, 2.45) is 11.7 Å². The summed E-state index contributed by atoms with van der Waals surface area (Å²) in [6, 6.07) is 0. The molecular formula is C12H21N3O4. The van der Waals surface area contributed by atoms with Gasteiger partial charge in [-0.1, -0.05) is 0 Å². The first-order valence-corrected chi connectivity index (χ1v) is 6.26. The molecule has 1 aliphatic rings. The van der Waals surface area contributed by atoms with Crippen LogP contribution in [0.1, 0.15) is 12.8 Å². The third kappa shape index (κ3) is 4.86. The van der Waals surface area contributed by atoms with Crippen molar-refractivity contribution in [3.8, 4) is 0 Å². The summed E-state index contributed by atoms with van der Waals surface area (Å²) in [5, 5.41) is 0. The number of likely N-dealkylation sites (N-methyl/N-ethyl adjacent to an activating group) is 1. The minimum absolute atomic E-state index is 0.0648. The van der Waals surface area contributed by atoms with Crippen LogP contribution in [0.5, 0.6) is 0 Å². The zero-order valence-electron chi connectivity index (χ0n) is 11.4. The SMILES string of the molecule is COC(=O)CN(C)CC(=O)N1CCCC(C(N)=O)C1. The van der Waals surface area contributed by atoms with E-state index < -0.39 is 0 Å². The Morgan fingerprint density at radius 1 is 1.37 bits per heavy atom. The number of rotatable bonds is 5. The van der Waals surface area contributed by atoms with E-state index in [0.717, 1.165) is 12.8 Å². The molecule has 1 fully saturated rings. The van der Waals surface area contributed by atoms with Gasteiger partial charge in [0, 0.05) is 13.1 Å². The largest absolute Gasteiger partial charge is 0.468 e. The van der Waals surface area contributed by atoms with Gasteiger partial charge in [-0.2, -0.15) is 0 Å². The zero-order chi connectivity index (χ0) is 14.4. The van der Waals surface area contributed by atoms with E-state index in [1.165, 1.54) is 7.11 Å². The number of nitrogens with two attached hydrogens (primary N) is 1. The van der Waals surface area contributed by atoms with Crippen LogP contribution < -0.4 is 5.73 Å². The van der Waals surface area contributed by atoms with Gasteiger partial charge in [-0.15, -0.1) is 0 Å². The number of ether oxygens (including phenoxy) is 1. The van der Waals surface area contributed by atoms with Crippen LogP contribution >= 0.6 is 0 Å². The van der Waals surface area contributed by atoms with Gasteiger partial charge < -0.3 is 15.4 Å². The predicted molar refractivity (Wildman–Crippen MR) is 68.0 cm³/mol. The second-order valence-electron chi connectivity index (χ2n) is 4.83. The van der Waals surface area contributed by atoms with E-state index in [4.69, 9.17) is 5.73 Å². The van der Waals surface area contributed by atoms with Crippen molar-refractivity contribution in [1.82, 2.24) is 9.80 Å². The molecule has 108 valence electrons. The number of nitrogens with zero attached hydrogens (tertiary/aromatic N) is 2. The fourth-order valence-electron chi connectivity index (χ4n) is 2.11. The molecule has 0 aromatic heterocycles. The minimum Gasteiger partial charge on any atom is -0.468 e. The molecule has 2 amide bonds. The van der Waals surface area contributed by atoms with Gasteiger partial charge in [0.15, 0.2) is 0 Å². The summed E-state index contributed by atoms with van der Waals surface area (Å²) in [6.45, 7) is 1.20. The molecule has 1 rings (SSSR count). The number of piperidine rings is 1. The number of primary amides is 1. The maximum atomic E-state index is 12.0. The normalized spacial score (nSPS) is 19.3. The Hall–Kier alpha value is -1.63. The molecule has 7 heteroatoms. The van der Waals surface area contributed by atoms with Crippen LogP contribution in [-0.4, -0.2) is 67.9 Å². The Kier molecular flexibility index (Phi) is 5.75. The molecule has 2 N–H and O–H groups in total. The topological polar surface area (TPSA) is 92.9 Å². The summed E-state index contributed by atoms with van der Waals surface area (Å²) in [5.41, 5.74) is 5.27. The molecule has 1 heterocycles. The van der Waals surface area contributed by atoms with E-state index in [2.05, 4.69) is 4.74 Å². The van der Waals surface area contributed by atoms with Crippen molar-refractivity contribution >= 4 is 17.8 Å². The Bertz CT molecular complexity index is 359. The summed E-state index contributed by atoms with van der Waals surface area (Å²) < 4.78 is 4.53. The van der Waals surface area contributed by atoms with Crippen LogP contribution in [0, 0.1) is 5.92 Å². The molecular weight excluding hydrogens is 250 g/mol. The lowest BCUT2D eigenvalue weighted by Gasteiger charge is -2.32. The number of carbonyl (C=O) groups excluding carboxylic acids is 3. The minimum atomic E-state index is -0.385. The van der Waals surface area contributed by atoms with E-state index in [1.54, 1.807) is 16.8 Å². The van der Waals surface area contributed by atoms with Crippen LogP contribution in [0.4, 0.5) is 0 Å². The monoisotopic (exact) mass is 271 g/mol. The molecule has 0 spiro atoms. The number of methoxy groups -OCH3 is 1. The number of esters is 1. The molecule has 1 atom stereocenters. The van der Waals surface area contributed by atoms with Gasteiger partial charge in [0.1, 0.15) is 0 Å². The van der Waals surface area contributed by atoms with E-state index in [-0.39, 0.29) is 36.8 Å². The molecule has 0 radical (unpaired) electrons. The third-order valence-electron chi connectivity index (χ3n) is 3.21. The first-order valence-electron chi connectivity index (χ1n) is 6.26. The van der Waals surface area contributed by atoms with Gasteiger partial charge in [0.25, 0.3) is 0 Å². The summed E-state index contributed by atoms with van der Waals surface area (Å²) >= 11 is 0. The van der Waals surface area contributed by atoms with Crippen molar-refractivity contribution < 1.29 is 19.1 Å². The average molecular weight is 271 g/mol. The van der Waals surface area contributed by atoms with Crippen molar-refractivity contribution in [1.29, 1.82) is 0 Å². The standard InChI is InChI=1S/C12H21N3O4/c1-14(8-11(17)19-2)7-10(16)15-5-3-4-9(6-15)12(13)18/h9H,3-8H2,1-2H3,(H2,13,18). The molecule has 0 aromatic carbocycles. The maximum absolute atomic E-state index is 12.0. The number of hydrogen-bond donors (Lipinski definition) is 1. The van der Waals surface area contributed by atoms with Crippen LogP contribution in [0.3, 0.4) is 0 Å². The second kappa shape index (κ2) is 7.08. The fraction of sp³-hybridized carbons (Fsp3) is 0.750. The first kappa shape index (κ1) is 15.4. The predicted octanol–water partition coefficient (Wildman–Crippen LogP) is -1.18. The van der Waals surface area contributed by atoms with Gasteiger partial charge in [-0.3, -0.25) is 19.3 Å². The summed E-state index contributed by atoms with van der Waals surface area (Å²) in [7, 11) is 2.98. The third-order valence-corrected chi connectivity index (χ3v) is 3.21. The van der Waals surface area contributed by atoms with Crippen molar-refractivity contribution in [3.05, 3.63) is 0 Å². The highest BCUT2D eigenvalue weighted by atomic mass is 16.5. The lowest BCUT2D eigenvalue weighted by atomic mass is 9.97. The molecule has 0 bridgehead atoms. The van der Waals surface area contributed by atoms with Crippen LogP contribution in [0.2, 0.25) is 0 Å². The van der Waals surface area contributed by atoms with Gasteiger partial charge in [-0.25, -0.2) is 0 Å². The van der Waals surface area contributed by atoms with Gasteiger partial charge in [0.2, 0.25) is 11.8 Å². The van der Waals surface area contributed by atoms with Crippen LogP contribution in [0.25, 0.3) is 0 Å². The molecule has 1 saturated heterocycles. The molecule has 1 unspecified atom stereocenters. The molecule has 0 aliphatic carbocycles.